The van der Waals surface area contributed by atoms with Crippen LogP contribution in [0.2, 0.25) is 0 Å². The summed E-state index contributed by atoms with van der Waals surface area (Å²) in [4.78, 5) is 0. The molecule has 1 aliphatic rings. The van der Waals surface area contributed by atoms with Crippen LogP contribution in [0.5, 0.6) is 0 Å². The third kappa shape index (κ3) is 1.97. The second-order valence-corrected chi connectivity index (χ2v) is 2.06. The standard InChI is InChI=1S/C8H12/c1-2-4-6-8-7-5-3-1/h1-4H,5-8H2/b3-1-,4-2-/i1D. The van der Waals surface area contributed by atoms with Gasteiger partial charge in [0.1, 0.15) is 0 Å². The maximum atomic E-state index is 7.28. The minimum absolute atomic E-state index is 0.676. The van der Waals surface area contributed by atoms with Crippen molar-refractivity contribution in [3.63, 3.8) is 0 Å². The maximum absolute atomic E-state index is 7.28. The smallest absolute Gasteiger partial charge is 0.0619 e. The van der Waals surface area contributed by atoms with E-state index in [0.717, 1.165) is 12.8 Å². The molecule has 0 aliphatic heterocycles. The zero-order valence-electron chi connectivity index (χ0n) is 6.06. The van der Waals surface area contributed by atoms with Gasteiger partial charge in [-0.05, 0) is 25.7 Å². The maximum Gasteiger partial charge on any atom is 0.0619 e. The highest BCUT2D eigenvalue weighted by Crippen LogP contribution is 2.04. The van der Waals surface area contributed by atoms with Gasteiger partial charge in [0.05, 0.1) is 1.37 Å². The van der Waals surface area contributed by atoms with Crippen LogP contribution in [0, 0.1) is 0 Å². The molecule has 0 N–H and O–H groups in total. The van der Waals surface area contributed by atoms with E-state index >= 15 is 0 Å². The van der Waals surface area contributed by atoms with Crippen molar-refractivity contribution >= 4 is 0 Å². The number of allylic oxidation sites excluding steroid dienone is 4. The molecule has 44 valence electrons. The average Bonchev–Trinajstić information content (AvgIpc) is 1.79. The average molecular weight is 109 g/mol. The Hall–Kier alpha value is -0.520. The van der Waals surface area contributed by atoms with Gasteiger partial charge >= 0.3 is 0 Å². The Labute approximate surface area is 52.3 Å². The van der Waals surface area contributed by atoms with E-state index in [1.807, 2.05) is 12.2 Å². The molecule has 0 unspecified atom stereocenters. The fraction of sp³-hybridized carbons (Fsp3) is 0.500. The van der Waals surface area contributed by atoms with E-state index in [4.69, 9.17) is 1.37 Å². The van der Waals surface area contributed by atoms with Gasteiger partial charge in [0.15, 0.2) is 0 Å². The van der Waals surface area contributed by atoms with Crippen LogP contribution in [0.1, 0.15) is 27.1 Å². The van der Waals surface area contributed by atoms with Gasteiger partial charge in [-0.25, -0.2) is 0 Å². The second-order valence-electron chi connectivity index (χ2n) is 2.06. The van der Waals surface area contributed by atoms with Crippen molar-refractivity contribution in [2.75, 3.05) is 0 Å². The summed E-state index contributed by atoms with van der Waals surface area (Å²) in [5, 5.41) is 0. The molecule has 0 bridgehead atoms. The molecule has 0 spiro atoms. The highest BCUT2D eigenvalue weighted by Gasteiger charge is 1.84. The first-order valence-electron chi connectivity index (χ1n) is 3.73. The molecular weight excluding hydrogens is 96.1 g/mol. The van der Waals surface area contributed by atoms with E-state index < -0.39 is 0 Å². The van der Waals surface area contributed by atoms with Gasteiger partial charge in [-0.15, -0.1) is 0 Å². The number of rotatable bonds is 0. The first-order valence-corrected chi connectivity index (χ1v) is 3.23. The molecule has 0 atom stereocenters. The second kappa shape index (κ2) is 3.48. The van der Waals surface area contributed by atoms with Crippen molar-refractivity contribution in [2.24, 2.45) is 0 Å². The summed E-state index contributed by atoms with van der Waals surface area (Å²) in [5.74, 6) is 0. The Morgan fingerprint density at radius 1 is 1.12 bits per heavy atom. The zero-order valence-corrected chi connectivity index (χ0v) is 5.06. The van der Waals surface area contributed by atoms with E-state index in [1.165, 1.54) is 12.8 Å². The molecule has 0 aromatic carbocycles. The van der Waals surface area contributed by atoms with E-state index in [0.29, 0.717) is 6.05 Å². The van der Waals surface area contributed by atoms with Gasteiger partial charge in [0, 0.05) is 0 Å². The lowest BCUT2D eigenvalue weighted by molar-refractivity contribution is 0.758. The zero-order chi connectivity index (χ0) is 6.53. The van der Waals surface area contributed by atoms with Crippen molar-refractivity contribution in [1.82, 2.24) is 0 Å². The van der Waals surface area contributed by atoms with Crippen LogP contribution in [0.15, 0.2) is 24.3 Å². The lowest BCUT2D eigenvalue weighted by Gasteiger charge is -1.94. The Kier molecular flexibility index (Phi) is 1.90. The van der Waals surface area contributed by atoms with Gasteiger partial charge in [-0.3, -0.25) is 0 Å². The molecule has 1 rings (SSSR count). The van der Waals surface area contributed by atoms with Gasteiger partial charge in [0.2, 0.25) is 0 Å². The van der Waals surface area contributed by atoms with Crippen molar-refractivity contribution in [2.45, 2.75) is 25.7 Å². The summed E-state index contributed by atoms with van der Waals surface area (Å²) in [6.45, 7) is 0. The summed E-state index contributed by atoms with van der Waals surface area (Å²) in [5.41, 5.74) is 0. The highest BCUT2D eigenvalue weighted by molar-refractivity contribution is 5.03. The largest absolute Gasteiger partial charge is 0.0845 e. The van der Waals surface area contributed by atoms with Gasteiger partial charge in [0.25, 0.3) is 0 Å². The quantitative estimate of drug-likeness (QED) is 0.448. The van der Waals surface area contributed by atoms with Crippen LogP contribution >= 0.6 is 0 Å². The van der Waals surface area contributed by atoms with E-state index in [-0.39, 0.29) is 0 Å². The van der Waals surface area contributed by atoms with Gasteiger partial charge in [-0.1, -0.05) is 24.3 Å². The number of hydrogen-bond acceptors (Lipinski definition) is 0. The Bertz CT molecular complexity index is 134. The Morgan fingerprint density at radius 3 is 2.75 bits per heavy atom. The van der Waals surface area contributed by atoms with E-state index in [9.17, 15) is 0 Å². The summed E-state index contributed by atoms with van der Waals surface area (Å²) in [6.07, 6.45) is 10.7. The molecular formula is C8H12. The molecule has 0 aromatic rings. The monoisotopic (exact) mass is 109 g/mol. The third-order valence-corrected chi connectivity index (χ3v) is 1.30. The molecule has 0 heteroatoms. The molecule has 0 amide bonds. The highest BCUT2D eigenvalue weighted by atomic mass is 13.9. The van der Waals surface area contributed by atoms with Crippen molar-refractivity contribution in [3.8, 4) is 0 Å². The van der Waals surface area contributed by atoms with Crippen LogP contribution in [-0.4, -0.2) is 0 Å². The molecule has 0 heterocycles. The van der Waals surface area contributed by atoms with Crippen LogP contribution in [-0.2, 0) is 0 Å². The minimum atomic E-state index is 0.676. The first kappa shape index (κ1) is 4.37. The summed E-state index contributed by atoms with van der Waals surface area (Å²) < 4.78 is 7.28. The van der Waals surface area contributed by atoms with Crippen LogP contribution < -0.4 is 0 Å². The molecule has 8 heavy (non-hydrogen) atoms. The van der Waals surface area contributed by atoms with E-state index in [1.54, 1.807) is 0 Å². The van der Waals surface area contributed by atoms with Crippen molar-refractivity contribution in [1.29, 1.82) is 0 Å². The first-order chi connectivity index (χ1) is 4.39. The molecule has 0 nitrogen and oxygen atoms in total. The van der Waals surface area contributed by atoms with Crippen LogP contribution in [0.3, 0.4) is 0 Å². The lowest BCUT2D eigenvalue weighted by Crippen LogP contribution is -1.74. The third-order valence-electron chi connectivity index (χ3n) is 1.30. The van der Waals surface area contributed by atoms with Crippen molar-refractivity contribution < 1.29 is 1.37 Å². The van der Waals surface area contributed by atoms with Crippen molar-refractivity contribution in [3.05, 3.63) is 24.3 Å². The molecule has 0 saturated carbocycles. The molecule has 1 aliphatic carbocycles. The summed E-state index contributed by atoms with van der Waals surface area (Å²) in [6, 6.07) is 0.676. The molecule has 0 fully saturated rings. The normalized spacial score (nSPS) is 33.5. The Morgan fingerprint density at radius 2 is 1.88 bits per heavy atom. The fourth-order valence-corrected chi connectivity index (χ4v) is 0.811. The summed E-state index contributed by atoms with van der Waals surface area (Å²) in [7, 11) is 0. The molecule has 0 saturated heterocycles. The molecule has 0 aromatic heterocycles. The summed E-state index contributed by atoms with van der Waals surface area (Å²) >= 11 is 0. The van der Waals surface area contributed by atoms with Crippen LogP contribution in [0.25, 0.3) is 0 Å². The lowest BCUT2D eigenvalue weighted by atomic mass is 10.1. The molecule has 0 radical (unpaired) electrons. The predicted molar refractivity (Wildman–Crippen MR) is 36.7 cm³/mol. The van der Waals surface area contributed by atoms with Crippen LogP contribution in [0.4, 0.5) is 0 Å². The number of hydrogen-bond donors (Lipinski definition) is 0. The minimum Gasteiger partial charge on any atom is -0.0845 e. The van der Waals surface area contributed by atoms with Gasteiger partial charge < -0.3 is 0 Å². The Balaban J connectivity index is 2.49. The SMILES string of the molecule is [2H]C1=C/CCCC/C=C\1. The fourth-order valence-electron chi connectivity index (χ4n) is 0.811. The predicted octanol–water partition coefficient (Wildman–Crippen LogP) is 2.67. The van der Waals surface area contributed by atoms with Gasteiger partial charge in [-0.2, -0.15) is 0 Å². The topological polar surface area (TPSA) is 0 Å². The van der Waals surface area contributed by atoms with E-state index in [2.05, 4.69) is 6.08 Å².